The highest BCUT2D eigenvalue weighted by molar-refractivity contribution is 7.21. The summed E-state index contributed by atoms with van der Waals surface area (Å²) >= 11 is 1.65. The second-order valence-corrected chi connectivity index (χ2v) is 4.60. The van der Waals surface area contributed by atoms with E-state index >= 15 is 0 Å². The number of para-hydroxylation sites is 1. The van der Waals surface area contributed by atoms with Crippen molar-refractivity contribution in [3.63, 3.8) is 0 Å². The number of aromatic nitrogens is 2. The van der Waals surface area contributed by atoms with E-state index in [1.165, 1.54) is 4.70 Å². The lowest BCUT2D eigenvalue weighted by Crippen LogP contribution is -1.85. The largest absolute Gasteiger partial charge is 0.495 e. The predicted molar refractivity (Wildman–Crippen MR) is 69.4 cm³/mol. The number of nitrogens with zero attached hydrogens (tertiary/aromatic N) is 2. The molecule has 0 aliphatic heterocycles. The number of hydrogen-bond donors (Lipinski definition) is 0. The molecule has 2 heterocycles. The van der Waals surface area contributed by atoms with Crippen molar-refractivity contribution in [2.45, 2.75) is 0 Å². The van der Waals surface area contributed by atoms with Crippen LogP contribution in [-0.2, 0) is 0 Å². The SMILES string of the molecule is COc1ccc(-c2nc3ccccc3s2)nc1. The molecule has 0 atom stereocenters. The highest BCUT2D eigenvalue weighted by Crippen LogP contribution is 2.29. The molecule has 0 fully saturated rings. The molecule has 4 heteroatoms. The third kappa shape index (κ3) is 1.87. The van der Waals surface area contributed by atoms with E-state index in [1.54, 1.807) is 24.6 Å². The second kappa shape index (κ2) is 4.14. The van der Waals surface area contributed by atoms with Crippen molar-refractivity contribution < 1.29 is 4.74 Å². The lowest BCUT2D eigenvalue weighted by Gasteiger charge is -1.98. The van der Waals surface area contributed by atoms with Gasteiger partial charge in [0.1, 0.15) is 10.8 Å². The van der Waals surface area contributed by atoms with E-state index in [1.807, 2.05) is 30.3 Å². The molecule has 84 valence electrons. The van der Waals surface area contributed by atoms with Gasteiger partial charge >= 0.3 is 0 Å². The first-order valence-electron chi connectivity index (χ1n) is 5.23. The summed E-state index contributed by atoms with van der Waals surface area (Å²) in [5, 5.41) is 0.939. The predicted octanol–water partition coefficient (Wildman–Crippen LogP) is 3.37. The minimum Gasteiger partial charge on any atom is -0.495 e. The molecule has 1 aromatic carbocycles. The average Bonchev–Trinajstić information content (AvgIpc) is 2.82. The second-order valence-electron chi connectivity index (χ2n) is 3.57. The summed E-state index contributed by atoms with van der Waals surface area (Å²) in [4.78, 5) is 8.89. The van der Waals surface area contributed by atoms with Gasteiger partial charge in [0, 0.05) is 0 Å². The van der Waals surface area contributed by atoms with Crippen LogP contribution in [0.3, 0.4) is 0 Å². The molecule has 0 unspecified atom stereocenters. The number of hydrogen-bond acceptors (Lipinski definition) is 4. The lowest BCUT2D eigenvalue weighted by atomic mass is 10.3. The van der Waals surface area contributed by atoms with E-state index in [9.17, 15) is 0 Å². The van der Waals surface area contributed by atoms with Gasteiger partial charge in [-0.25, -0.2) is 9.97 Å². The summed E-state index contributed by atoms with van der Waals surface area (Å²) in [7, 11) is 1.63. The molecule has 0 N–H and O–H groups in total. The number of benzene rings is 1. The molecule has 0 saturated carbocycles. The van der Waals surface area contributed by atoms with Gasteiger partial charge in [0.15, 0.2) is 0 Å². The molecule has 3 aromatic rings. The monoisotopic (exact) mass is 242 g/mol. The first-order valence-corrected chi connectivity index (χ1v) is 6.04. The Kier molecular flexibility index (Phi) is 2.49. The molecule has 0 spiro atoms. The van der Waals surface area contributed by atoms with Crippen molar-refractivity contribution >= 4 is 21.6 Å². The normalized spacial score (nSPS) is 10.6. The molecule has 0 bridgehead atoms. The Balaban J connectivity index is 2.07. The van der Waals surface area contributed by atoms with E-state index < -0.39 is 0 Å². The van der Waals surface area contributed by atoms with Crippen LogP contribution < -0.4 is 4.74 Å². The number of methoxy groups -OCH3 is 1. The Morgan fingerprint density at radius 1 is 1.12 bits per heavy atom. The zero-order valence-electron chi connectivity index (χ0n) is 9.25. The quantitative estimate of drug-likeness (QED) is 0.691. The van der Waals surface area contributed by atoms with Gasteiger partial charge in [-0.1, -0.05) is 12.1 Å². The number of ether oxygens (including phenoxy) is 1. The molecule has 0 aliphatic carbocycles. The Morgan fingerprint density at radius 2 is 2.00 bits per heavy atom. The molecule has 0 radical (unpaired) electrons. The summed E-state index contributed by atoms with van der Waals surface area (Å²) in [6.07, 6.45) is 1.71. The smallest absolute Gasteiger partial charge is 0.143 e. The van der Waals surface area contributed by atoms with Crippen molar-refractivity contribution in [3.8, 4) is 16.5 Å². The van der Waals surface area contributed by atoms with Gasteiger partial charge in [-0.3, -0.25) is 0 Å². The van der Waals surface area contributed by atoms with Crippen LogP contribution in [0.4, 0.5) is 0 Å². The van der Waals surface area contributed by atoms with Crippen LogP contribution in [0.5, 0.6) is 5.75 Å². The maximum atomic E-state index is 5.08. The van der Waals surface area contributed by atoms with E-state index in [0.717, 1.165) is 22.0 Å². The Hall–Kier alpha value is -1.94. The summed E-state index contributed by atoms with van der Waals surface area (Å²) in [6, 6.07) is 11.9. The lowest BCUT2D eigenvalue weighted by molar-refractivity contribution is 0.413. The van der Waals surface area contributed by atoms with Gasteiger partial charge < -0.3 is 4.74 Å². The van der Waals surface area contributed by atoms with Crippen molar-refractivity contribution in [1.29, 1.82) is 0 Å². The molecule has 2 aromatic heterocycles. The average molecular weight is 242 g/mol. The van der Waals surface area contributed by atoms with Crippen LogP contribution >= 0.6 is 11.3 Å². The Bertz CT molecular complexity index is 613. The third-order valence-electron chi connectivity index (χ3n) is 2.49. The van der Waals surface area contributed by atoms with Gasteiger partial charge in [-0.05, 0) is 24.3 Å². The topological polar surface area (TPSA) is 35.0 Å². The summed E-state index contributed by atoms with van der Waals surface area (Å²) in [5.74, 6) is 0.759. The van der Waals surface area contributed by atoms with Gasteiger partial charge in [0.05, 0.1) is 29.2 Å². The fourth-order valence-electron chi connectivity index (χ4n) is 1.61. The van der Waals surface area contributed by atoms with Crippen molar-refractivity contribution in [1.82, 2.24) is 9.97 Å². The van der Waals surface area contributed by atoms with Gasteiger partial charge in [-0.2, -0.15) is 0 Å². The molecular formula is C13H10N2OS. The van der Waals surface area contributed by atoms with Crippen LogP contribution in [0.25, 0.3) is 20.9 Å². The zero-order chi connectivity index (χ0) is 11.7. The number of rotatable bonds is 2. The van der Waals surface area contributed by atoms with Gasteiger partial charge in [-0.15, -0.1) is 11.3 Å². The first kappa shape index (κ1) is 10.2. The van der Waals surface area contributed by atoms with Crippen molar-refractivity contribution in [3.05, 3.63) is 42.6 Å². The third-order valence-corrected chi connectivity index (χ3v) is 3.54. The van der Waals surface area contributed by atoms with Gasteiger partial charge in [0.2, 0.25) is 0 Å². The standard InChI is InChI=1S/C13H10N2OS/c1-16-9-6-7-11(14-8-9)13-15-10-4-2-3-5-12(10)17-13/h2-8H,1H3. The van der Waals surface area contributed by atoms with E-state index in [-0.39, 0.29) is 0 Å². The number of thiazole rings is 1. The van der Waals surface area contributed by atoms with E-state index in [4.69, 9.17) is 4.74 Å². The molecule has 3 nitrogen and oxygen atoms in total. The highest BCUT2D eigenvalue weighted by Gasteiger charge is 2.06. The summed E-state index contributed by atoms with van der Waals surface area (Å²) in [6.45, 7) is 0. The minimum absolute atomic E-state index is 0.759. The number of fused-ring (bicyclic) bond motifs is 1. The fraction of sp³-hybridized carbons (Fsp3) is 0.0769. The molecular weight excluding hydrogens is 232 g/mol. The maximum absolute atomic E-state index is 5.08. The fourth-order valence-corrected chi connectivity index (χ4v) is 2.55. The molecule has 0 aliphatic rings. The van der Waals surface area contributed by atoms with Crippen molar-refractivity contribution in [2.75, 3.05) is 7.11 Å². The molecule has 0 saturated heterocycles. The molecule has 3 rings (SSSR count). The summed E-state index contributed by atoms with van der Waals surface area (Å²) < 4.78 is 6.27. The van der Waals surface area contributed by atoms with E-state index in [0.29, 0.717) is 0 Å². The summed E-state index contributed by atoms with van der Waals surface area (Å²) in [5.41, 5.74) is 1.90. The van der Waals surface area contributed by atoms with Crippen LogP contribution in [0.2, 0.25) is 0 Å². The van der Waals surface area contributed by atoms with Crippen LogP contribution in [0, 0.1) is 0 Å². The van der Waals surface area contributed by atoms with Crippen LogP contribution in [0.15, 0.2) is 42.6 Å². The minimum atomic E-state index is 0.759. The number of pyridine rings is 1. The van der Waals surface area contributed by atoms with Crippen LogP contribution in [0.1, 0.15) is 0 Å². The van der Waals surface area contributed by atoms with Crippen LogP contribution in [-0.4, -0.2) is 17.1 Å². The maximum Gasteiger partial charge on any atom is 0.143 e. The molecule has 17 heavy (non-hydrogen) atoms. The zero-order valence-corrected chi connectivity index (χ0v) is 10.1. The Labute approximate surface area is 103 Å². The molecule has 0 amide bonds. The first-order chi connectivity index (χ1) is 8.36. The van der Waals surface area contributed by atoms with Crippen molar-refractivity contribution in [2.24, 2.45) is 0 Å². The highest BCUT2D eigenvalue weighted by atomic mass is 32.1. The Morgan fingerprint density at radius 3 is 2.71 bits per heavy atom. The van der Waals surface area contributed by atoms with E-state index in [2.05, 4.69) is 16.0 Å². The van der Waals surface area contributed by atoms with Gasteiger partial charge in [0.25, 0.3) is 0 Å².